The number of carbonyl (C=O) groups is 1. The summed E-state index contributed by atoms with van der Waals surface area (Å²) in [5.41, 5.74) is 1.99. The van der Waals surface area contributed by atoms with Crippen molar-refractivity contribution >= 4 is 18.3 Å². The molecule has 1 atom stereocenters. The van der Waals surface area contributed by atoms with Crippen LogP contribution in [0.4, 0.5) is 0 Å². The van der Waals surface area contributed by atoms with Gasteiger partial charge < -0.3 is 14.7 Å². The van der Waals surface area contributed by atoms with E-state index in [4.69, 9.17) is 4.52 Å². The fourth-order valence-corrected chi connectivity index (χ4v) is 2.89. The second-order valence-electron chi connectivity index (χ2n) is 5.54. The van der Waals surface area contributed by atoms with Crippen molar-refractivity contribution < 1.29 is 9.32 Å². The minimum Gasteiger partial charge on any atom is -0.361 e. The summed E-state index contributed by atoms with van der Waals surface area (Å²) >= 11 is 0. The second-order valence-corrected chi connectivity index (χ2v) is 5.54. The Hall–Kier alpha value is -1.07. The third-order valence-electron chi connectivity index (χ3n) is 4.03. The molecule has 1 aliphatic heterocycles. The Kier molecular flexibility index (Phi) is 7.18. The number of hydrogen-bond acceptors (Lipinski definition) is 4. The molecule has 1 unspecified atom stereocenters. The maximum absolute atomic E-state index is 12.5. The summed E-state index contributed by atoms with van der Waals surface area (Å²) in [4.78, 5) is 14.5. The molecule has 0 radical (unpaired) electrons. The van der Waals surface area contributed by atoms with Gasteiger partial charge in [-0.15, -0.1) is 12.4 Å². The molecule has 1 saturated heterocycles. The van der Waals surface area contributed by atoms with Crippen LogP contribution in [-0.2, 0) is 11.2 Å². The maximum atomic E-state index is 12.5. The fraction of sp³-hybridized carbons (Fsp3) is 0.733. The van der Waals surface area contributed by atoms with E-state index in [-0.39, 0.29) is 18.3 Å². The maximum Gasteiger partial charge on any atom is 0.223 e. The lowest BCUT2D eigenvalue weighted by Gasteiger charge is -2.28. The Morgan fingerprint density at radius 1 is 1.48 bits per heavy atom. The smallest absolute Gasteiger partial charge is 0.223 e. The summed E-state index contributed by atoms with van der Waals surface area (Å²) < 4.78 is 5.15. The van der Waals surface area contributed by atoms with Gasteiger partial charge in [-0.05, 0) is 39.7 Å². The van der Waals surface area contributed by atoms with Gasteiger partial charge in [-0.2, -0.15) is 0 Å². The highest BCUT2D eigenvalue weighted by Crippen LogP contribution is 2.17. The first-order valence-electron chi connectivity index (χ1n) is 7.55. The predicted molar refractivity (Wildman–Crippen MR) is 84.8 cm³/mol. The lowest BCUT2D eigenvalue weighted by Crippen LogP contribution is -2.42. The quantitative estimate of drug-likeness (QED) is 0.874. The highest BCUT2D eigenvalue weighted by Gasteiger charge is 2.25. The standard InChI is InChI=1S/C15H25N3O2.ClH/c1-4-9-18(13-7-8-16-10-13)15(19)6-5-14-11(2)17-20-12(14)3;/h13,16H,4-10H2,1-3H3;1H. The molecule has 0 aromatic carbocycles. The van der Waals surface area contributed by atoms with Crippen LogP contribution in [0.1, 0.15) is 43.2 Å². The van der Waals surface area contributed by atoms with Gasteiger partial charge >= 0.3 is 0 Å². The molecule has 1 N–H and O–H groups in total. The van der Waals surface area contributed by atoms with Crippen molar-refractivity contribution in [3.05, 3.63) is 17.0 Å². The molecule has 0 bridgehead atoms. The van der Waals surface area contributed by atoms with Crippen LogP contribution in [-0.4, -0.2) is 41.6 Å². The van der Waals surface area contributed by atoms with E-state index in [0.29, 0.717) is 12.5 Å². The number of nitrogens with one attached hydrogen (secondary N) is 1. The summed E-state index contributed by atoms with van der Waals surface area (Å²) in [6.45, 7) is 8.76. The molecule has 0 spiro atoms. The molecule has 21 heavy (non-hydrogen) atoms. The molecular formula is C15H26ClN3O2. The van der Waals surface area contributed by atoms with E-state index in [1.807, 2.05) is 13.8 Å². The van der Waals surface area contributed by atoms with Crippen molar-refractivity contribution in [2.75, 3.05) is 19.6 Å². The lowest BCUT2D eigenvalue weighted by atomic mass is 10.1. The minimum absolute atomic E-state index is 0. The molecule has 1 fully saturated rings. The number of amides is 1. The van der Waals surface area contributed by atoms with Crippen molar-refractivity contribution in [3.8, 4) is 0 Å². The van der Waals surface area contributed by atoms with Crippen LogP contribution in [0.3, 0.4) is 0 Å². The second kappa shape index (κ2) is 8.39. The monoisotopic (exact) mass is 315 g/mol. The molecule has 0 saturated carbocycles. The Labute approximate surface area is 132 Å². The number of halogens is 1. The third-order valence-corrected chi connectivity index (χ3v) is 4.03. The summed E-state index contributed by atoms with van der Waals surface area (Å²) in [7, 11) is 0. The first kappa shape index (κ1) is 18.0. The molecule has 1 aromatic heterocycles. The summed E-state index contributed by atoms with van der Waals surface area (Å²) in [5.74, 6) is 1.08. The summed E-state index contributed by atoms with van der Waals surface area (Å²) in [6, 6.07) is 0.368. The topological polar surface area (TPSA) is 58.4 Å². The van der Waals surface area contributed by atoms with Gasteiger partial charge in [0.25, 0.3) is 0 Å². The number of nitrogens with zero attached hydrogens (tertiary/aromatic N) is 2. The average Bonchev–Trinajstić information content (AvgIpc) is 3.05. The van der Waals surface area contributed by atoms with E-state index in [1.54, 1.807) is 0 Å². The van der Waals surface area contributed by atoms with E-state index < -0.39 is 0 Å². The first-order valence-corrected chi connectivity index (χ1v) is 7.55. The number of aromatic nitrogens is 1. The van der Waals surface area contributed by atoms with Gasteiger partial charge in [-0.3, -0.25) is 4.79 Å². The summed E-state index contributed by atoms with van der Waals surface area (Å²) in [5, 5.41) is 7.28. The Balaban J connectivity index is 0.00000220. The van der Waals surface area contributed by atoms with E-state index in [2.05, 4.69) is 22.3 Å². The molecule has 1 amide bonds. The van der Waals surface area contributed by atoms with Gasteiger partial charge in [0.2, 0.25) is 5.91 Å². The molecule has 1 aromatic rings. The zero-order chi connectivity index (χ0) is 14.5. The van der Waals surface area contributed by atoms with E-state index in [1.165, 1.54) is 0 Å². The van der Waals surface area contributed by atoms with Gasteiger partial charge in [0.15, 0.2) is 0 Å². The molecule has 0 aliphatic carbocycles. The highest BCUT2D eigenvalue weighted by atomic mass is 35.5. The minimum atomic E-state index is 0. The Morgan fingerprint density at radius 2 is 2.24 bits per heavy atom. The number of carbonyl (C=O) groups excluding carboxylic acids is 1. The fourth-order valence-electron chi connectivity index (χ4n) is 2.89. The Bertz CT molecular complexity index is 436. The molecule has 2 heterocycles. The number of aryl methyl sites for hydroxylation is 2. The van der Waals surface area contributed by atoms with Crippen LogP contribution < -0.4 is 5.32 Å². The van der Waals surface area contributed by atoms with Crippen LogP contribution in [0, 0.1) is 13.8 Å². The molecule has 2 rings (SSSR count). The van der Waals surface area contributed by atoms with Crippen LogP contribution >= 0.6 is 12.4 Å². The van der Waals surface area contributed by atoms with Gasteiger partial charge in [-0.1, -0.05) is 12.1 Å². The van der Waals surface area contributed by atoms with E-state index in [9.17, 15) is 4.79 Å². The van der Waals surface area contributed by atoms with Gasteiger partial charge in [0, 0.05) is 31.1 Å². The molecule has 5 nitrogen and oxygen atoms in total. The first-order chi connectivity index (χ1) is 9.63. The Morgan fingerprint density at radius 3 is 2.76 bits per heavy atom. The SMILES string of the molecule is CCCN(C(=O)CCc1c(C)noc1C)C1CCNC1.Cl. The van der Waals surface area contributed by atoms with Crippen LogP contribution in [0.25, 0.3) is 0 Å². The molecule has 120 valence electrons. The van der Waals surface area contributed by atoms with Crippen molar-refractivity contribution in [2.24, 2.45) is 0 Å². The third kappa shape index (κ3) is 4.45. The largest absolute Gasteiger partial charge is 0.361 e. The van der Waals surface area contributed by atoms with Crippen LogP contribution in [0.2, 0.25) is 0 Å². The van der Waals surface area contributed by atoms with E-state index in [0.717, 1.165) is 55.9 Å². The molecular weight excluding hydrogens is 290 g/mol. The van der Waals surface area contributed by atoms with Crippen molar-refractivity contribution in [3.63, 3.8) is 0 Å². The zero-order valence-electron chi connectivity index (χ0n) is 13.1. The van der Waals surface area contributed by atoms with Crippen LogP contribution in [0.5, 0.6) is 0 Å². The molecule has 1 aliphatic rings. The molecule has 6 heteroatoms. The van der Waals surface area contributed by atoms with Gasteiger partial charge in [0.05, 0.1) is 5.69 Å². The van der Waals surface area contributed by atoms with Gasteiger partial charge in [0.1, 0.15) is 5.76 Å². The zero-order valence-corrected chi connectivity index (χ0v) is 14.0. The van der Waals surface area contributed by atoms with Crippen molar-refractivity contribution in [1.29, 1.82) is 0 Å². The lowest BCUT2D eigenvalue weighted by molar-refractivity contribution is -0.133. The summed E-state index contributed by atoms with van der Waals surface area (Å²) in [6.07, 6.45) is 3.34. The van der Waals surface area contributed by atoms with Crippen molar-refractivity contribution in [2.45, 2.75) is 52.5 Å². The number of rotatable bonds is 6. The highest BCUT2D eigenvalue weighted by molar-refractivity contribution is 5.85. The van der Waals surface area contributed by atoms with Crippen molar-refractivity contribution in [1.82, 2.24) is 15.4 Å². The van der Waals surface area contributed by atoms with Gasteiger partial charge in [-0.25, -0.2) is 0 Å². The predicted octanol–water partition coefficient (Wildman–Crippen LogP) is 2.25. The normalized spacial score (nSPS) is 17.6. The van der Waals surface area contributed by atoms with E-state index >= 15 is 0 Å². The average molecular weight is 316 g/mol. The van der Waals surface area contributed by atoms with Crippen LogP contribution in [0.15, 0.2) is 4.52 Å². The number of hydrogen-bond donors (Lipinski definition) is 1.